The van der Waals surface area contributed by atoms with Crippen molar-refractivity contribution in [1.29, 1.82) is 0 Å². The highest BCUT2D eigenvalue weighted by molar-refractivity contribution is 7.99. The van der Waals surface area contributed by atoms with Gasteiger partial charge in [-0.3, -0.25) is 14.6 Å². The molecule has 0 radical (unpaired) electrons. The number of nitrogens with zero attached hydrogens (tertiary/aromatic N) is 3. The molecule has 1 N–H and O–H groups in total. The molecule has 37 heavy (non-hydrogen) atoms. The first-order valence-corrected chi connectivity index (χ1v) is 13.8. The zero-order chi connectivity index (χ0) is 25.9. The third kappa shape index (κ3) is 4.62. The predicted octanol–water partition coefficient (Wildman–Crippen LogP) is 5.47. The zero-order valence-electron chi connectivity index (χ0n) is 21.4. The van der Waals surface area contributed by atoms with Crippen molar-refractivity contribution in [2.45, 2.75) is 51.4 Å². The van der Waals surface area contributed by atoms with Crippen LogP contribution in [0.15, 0.2) is 70.6 Å². The number of H-pyrrole nitrogens is 1. The predicted molar refractivity (Wildman–Crippen MR) is 147 cm³/mol. The fourth-order valence-electron chi connectivity index (χ4n) is 4.98. The number of carbonyl (C=O) groups excluding carboxylic acids is 1. The second-order valence-electron chi connectivity index (χ2n) is 9.02. The van der Waals surface area contributed by atoms with Crippen molar-refractivity contribution < 1.29 is 14.2 Å². The summed E-state index contributed by atoms with van der Waals surface area (Å²) in [7, 11) is 0. The van der Waals surface area contributed by atoms with E-state index in [4.69, 9.17) is 9.84 Å². The van der Waals surface area contributed by atoms with E-state index in [2.05, 4.69) is 11.9 Å². The standard InChI is InChI=1S/C29H30N4O3S/c1-4-6-11-18-37-29-30-27(35)26-22-14-9-10-15-23(22)32(19(3)34)28(33(26)31-29)25-21-13-8-7-12-20(21)16-17-24(25)36-5-2/h7-10,12-17,28H,4-6,11,18H2,1-3H3/p+1/t28-/m0/s1. The van der Waals surface area contributed by atoms with Gasteiger partial charge in [-0.15, -0.1) is 0 Å². The summed E-state index contributed by atoms with van der Waals surface area (Å²) in [6.07, 6.45) is 2.58. The Balaban J connectivity index is 1.81. The second-order valence-corrected chi connectivity index (χ2v) is 10.1. The molecule has 7 nitrogen and oxygen atoms in total. The molecule has 0 saturated heterocycles. The van der Waals surface area contributed by atoms with Crippen LogP contribution in [-0.2, 0) is 4.79 Å². The molecule has 8 heteroatoms. The maximum Gasteiger partial charge on any atom is 0.325 e. The van der Waals surface area contributed by atoms with Crippen LogP contribution in [0.1, 0.15) is 51.8 Å². The van der Waals surface area contributed by atoms with Gasteiger partial charge in [0.15, 0.2) is 0 Å². The Morgan fingerprint density at radius 3 is 2.65 bits per heavy atom. The third-order valence-electron chi connectivity index (χ3n) is 6.57. The molecule has 5 rings (SSSR count). The van der Waals surface area contributed by atoms with Gasteiger partial charge in [0.25, 0.3) is 6.17 Å². The number of fused-ring (bicyclic) bond motifs is 4. The molecule has 0 aliphatic carbocycles. The van der Waals surface area contributed by atoms with E-state index in [1.165, 1.54) is 11.8 Å². The van der Waals surface area contributed by atoms with Gasteiger partial charge in [0.1, 0.15) is 5.75 Å². The van der Waals surface area contributed by atoms with Gasteiger partial charge < -0.3 is 4.74 Å². The summed E-state index contributed by atoms with van der Waals surface area (Å²) in [6.45, 7) is 6.12. The molecule has 190 valence electrons. The smallest absolute Gasteiger partial charge is 0.325 e. The maximum absolute atomic E-state index is 13.6. The summed E-state index contributed by atoms with van der Waals surface area (Å²) in [5.74, 6) is 1.37. The number of amides is 1. The quantitative estimate of drug-likeness (QED) is 0.191. The van der Waals surface area contributed by atoms with E-state index in [0.717, 1.165) is 41.4 Å². The van der Waals surface area contributed by atoms with E-state index in [0.29, 0.717) is 34.5 Å². The Labute approximate surface area is 220 Å². The monoisotopic (exact) mass is 515 g/mol. The zero-order valence-corrected chi connectivity index (χ0v) is 22.2. The molecular formula is C29H31N4O3S+. The molecule has 2 heterocycles. The molecule has 1 atom stereocenters. The van der Waals surface area contributed by atoms with Gasteiger partial charge in [0, 0.05) is 17.8 Å². The number of hydrogen-bond acceptors (Lipinski definition) is 5. The van der Waals surface area contributed by atoms with E-state index in [9.17, 15) is 9.59 Å². The van der Waals surface area contributed by atoms with Gasteiger partial charge >= 0.3 is 11.3 Å². The van der Waals surface area contributed by atoms with Crippen molar-refractivity contribution in [3.63, 3.8) is 0 Å². The highest BCUT2D eigenvalue weighted by Gasteiger charge is 2.46. The molecule has 1 aliphatic heterocycles. The minimum atomic E-state index is -0.702. The van der Waals surface area contributed by atoms with E-state index in [-0.39, 0.29) is 11.5 Å². The molecule has 0 saturated carbocycles. The SMILES string of the molecule is CCCCCSc1n[n+]2c(c(=O)[nH]1)-c1ccccc1N(C(C)=O)[C@@H]2c1c(OCC)ccc2ccccc12. The van der Waals surface area contributed by atoms with Crippen molar-refractivity contribution in [2.75, 3.05) is 17.3 Å². The lowest BCUT2D eigenvalue weighted by Crippen LogP contribution is -2.60. The molecule has 4 aromatic rings. The van der Waals surface area contributed by atoms with Crippen LogP contribution in [0.5, 0.6) is 5.75 Å². The summed E-state index contributed by atoms with van der Waals surface area (Å²) in [5.41, 5.74) is 2.34. The number of ether oxygens (including phenoxy) is 1. The highest BCUT2D eigenvalue weighted by atomic mass is 32.2. The van der Waals surface area contributed by atoms with Crippen LogP contribution in [0.4, 0.5) is 5.69 Å². The number of unbranched alkanes of at least 4 members (excludes halogenated alkanes) is 2. The molecule has 0 fully saturated rings. The lowest BCUT2D eigenvalue weighted by molar-refractivity contribution is -0.763. The lowest BCUT2D eigenvalue weighted by Gasteiger charge is -2.32. The Morgan fingerprint density at radius 2 is 1.86 bits per heavy atom. The molecule has 0 spiro atoms. The topological polar surface area (TPSA) is 79.2 Å². The first kappa shape index (κ1) is 25.0. The number of aromatic amines is 1. The fourth-order valence-corrected chi connectivity index (χ4v) is 5.84. The van der Waals surface area contributed by atoms with Crippen molar-refractivity contribution in [2.24, 2.45) is 0 Å². The molecule has 1 amide bonds. The van der Waals surface area contributed by atoms with Crippen LogP contribution in [0.25, 0.3) is 22.0 Å². The first-order chi connectivity index (χ1) is 18.0. The van der Waals surface area contributed by atoms with Gasteiger partial charge in [-0.25, -0.2) is 4.90 Å². The average Bonchev–Trinajstić information content (AvgIpc) is 2.90. The summed E-state index contributed by atoms with van der Waals surface area (Å²) >= 11 is 1.53. The van der Waals surface area contributed by atoms with E-state index < -0.39 is 6.17 Å². The third-order valence-corrected chi connectivity index (χ3v) is 7.52. The van der Waals surface area contributed by atoms with Crippen LogP contribution < -0.4 is 19.9 Å². The molecule has 3 aromatic carbocycles. The minimum absolute atomic E-state index is 0.148. The fraction of sp³-hybridized carbons (Fsp3) is 0.310. The van der Waals surface area contributed by atoms with E-state index in [1.54, 1.807) is 16.5 Å². The van der Waals surface area contributed by atoms with Crippen LogP contribution in [0.2, 0.25) is 0 Å². The number of rotatable bonds is 8. The van der Waals surface area contributed by atoms with Crippen molar-refractivity contribution in [3.05, 3.63) is 76.6 Å². The van der Waals surface area contributed by atoms with Gasteiger partial charge in [0.05, 0.1) is 23.4 Å². The number of nitrogens with one attached hydrogen (secondary N) is 1. The molecule has 1 aliphatic rings. The minimum Gasteiger partial charge on any atom is -0.493 e. The Kier molecular flexibility index (Phi) is 7.28. The van der Waals surface area contributed by atoms with Crippen LogP contribution in [0.3, 0.4) is 0 Å². The number of anilines is 1. The molecular weight excluding hydrogens is 484 g/mol. The number of hydrogen-bond donors (Lipinski definition) is 1. The van der Waals surface area contributed by atoms with E-state index >= 15 is 0 Å². The average molecular weight is 516 g/mol. The first-order valence-electron chi connectivity index (χ1n) is 12.8. The van der Waals surface area contributed by atoms with E-state index in [1.807, 2.05) is 67.6 Å². The van der Waals surface area contributed by atoms with Gasteiger partial charge in [-0.05, 0) is 47.0 Å². The van der Waals surface area contributed by atoms with Crippen molar-refractivity contribution in [1.82, 2.24) is 10.1 Å². The molecule has 1 aromatic heterocycles. The highest BCUT2D eigenvalue weighted by Crippen LogP contribution is 2.42. The number of aromatic nitrogens is 3. The van der Waals surface area contributed by atoms with Crippen LogP contribution in [-0.4, -0.2) is 28.3 Å². The molecule has 0 bridgehead atoms. The molecule has 0 unspecified atom stereocenters. The second kappa shape index (κ2) is 10.8. The summed E-state index contributed by atoms with van der Waals surface area (Å²) in [5, 5.41) is 7.45. The normalized spacial score (nSPS) is 14.4. The maximum atomic E-state index is 13.6. The van der Waals surface area contributed by atoms with Crippen LogP contribution >= 0.6 is 11.8 Å². The van der Waals surface area contributed by atoms with Gasteiger partial charge in [0.2, 0.25) is 11.1 Å². The number of carbonyl (C=O) groups is 1. The van der Waals surface area contributed by atoms with Gasteiger partial charge in [-0.2, -0.15) is 0 Å². The number of para-hydroxylation sites is 1. The Hall–Kier alpha value is -3.65. The summed E-state index contributed by atoms with van der Waals surface area (Å²) in [4.78, 5) is 31.6. The van der Waals surface area contributed by atoms with Gasteiger partial charge in [-0.1, -0.05) is 74.0 Å². The number of thioether (sulfide) groups is 1. The Morgan fingerprint density at radius 1 is 1.08 bits per heavy atom. The summed E-state index contributed by atoms with van der Waals surface area (Å²) in [6, 6.07) is 19.5. The van der Waals surface area contributed by atoms with Crippen molar-refractivity contribution >= 4 is 34.1 Å². The largest absolute Gasteiger partial charge is 0.493 e. The van der Waals surface area contributed by atoms with Crippen molar-refractivity contribution in [3.8, 4) is 17.0 Å². The Bertz CT molecular complexity index is 1520. The summed E-state index contributed by atoms with van der Waals surface area (Å²) < 4.78 is 7.83. The van der Waals surface area contributed by atoms with Crippen LogP contribution in [0, 0.1) is 0 Å². The lowest BCUT2D eigenvalue weighted by atomic mass is 9.96. The number of benzene rings is 3.